The van der Waals surface area contributed by atoms with Crippen LogP contribution in [0.15, 0.2) is 72.8 Å². The number of ketones is 1. The number of nitrogens with one attached hydrogen (secondary N) is 1. The van der Waals surface area contributed by atoms with Crippen LogP contribution in [0.1, 0.15) is 41.7 Å². The smallest absolute Gasteiger partial charge is 0.249 e. The minimum absolute atomic E-state index is 0.0659. The lowest BCUT2D eigenvalue weighted by Crippen LogP contribution is -2.46. The van der Waals surface area contributed by atoms with Crippen LogP contribution in [0.2, 0.25) is 0 Å². The van der Waals surface area contributed by atoms with E-state index in [2.05, 4.69) is 20.5 Å². The molecule has 2 atom stereocenters. The number of amides is 2. The number of hydrogen-bond acceptors (Lipinski definition) is 8. The lowest BCUT2D eigenvalue weighted by Gasteiger charge is -2.33. The van der Waals surface area contributed by atoms with Crippen LogP contribution >= 0.6 is 0 Å². The van der Waals surface area contributed by atoms with Gasteiger partial charge in [0, 0.05) is 43.2 Å². The molecular formula is C33H36N6O5. The molecule has 2 saturated heterocycles. The van der Waals surface area contributed by atoms with Gasteiger partial charge in [0.1, 0.15) is 18.1 Å². The van der Waals surface area contributed by atoms with Gasteiger partial charge in [-0.15, -0.1) is 5.10 Å². The van der Waals surface area contributed by atoms with Crippen molar-refractivity contribution >= 4 is 40.0 Å². The fourth-order valence-electron chi connectivity index (χ4n) is 5.76. The Kier molecular flexibility index (Phi) is 8.94. The van der Waals surface area contributed by atoms with Crippen LogP contribution in [0.25, 0.3) is 11.0 Å². The fourth-order valence-corrected chi connectivity index (χ4v) is 5.76. The first-order chi connectivity index (χ1) is 21.5. The van der Waals surface area contributed by atoms with Gasteiger partial charge in [0.05, 0.1) is 24.8 Å². The first-order valence-corrected chi connectivity index (χ1v) is 15.0. The minimum atomic E-state index is -0.999. The Morgan fingerprint density at radius 3 is 2.43 bits per heavy atom. The first kappa shape index (κ1) is 29.5. The van der Waals surface area contributed by atoms with E-state index in [1.54, 1.807) is 24.3 Å². The van der Waals surface area contributed by atoms with Crippen molar-refractivity contribution < 1.29 is 23.9 Å². The number of hydrogen-bond donors (Lipinski definition) is 1. The zero-order valence-electron chi connectivity index (χ0n) is 24.7. The summed E-state index contributed by atoms with van der Waals surface area (Å²) in [5.41, 5.74) is 4.05. The van der Waals surface area contributed by atoms with Crippen molar-refractivity contribution in [3.63, 3.8) is 0 Å². The molecule has 2 fully saturated rings. The molecule has 44 heavy (non-hydrogen) atoms. The number of ether oxygens (including phenoxy) is 2. The zero-order valence-corrected chi connectivity index (χ0v) is 24.7. The topological polar surface area (TPSA) is 119 Å². The van der Waals surface area contributed by atoms with Gasteiger partial charge in [0.15, 0.2) is 5.78 Å². The quantitative estimate of drug-likeness (QED) is 0.276. The highest BCUT2D eigenvalue weighted by atomic mass is 16.5. The highest BCUT2D eigenvalue weighted by molar-refractivity contribution is 6.02. The number of nitrogens with zero attached hydrogens (tertiary/aromatic N) is 5. The Bertz CT molecular complexity index is 1610. The maximum Gasteiger partial charge on any atom is 0.249 e. The molecule has 2 aliphatic rings. The molecule has 0 saturated carbocycles. The lowest BCUT2D eigenvalue weighted by atomic mass is 10.0. The van der Waals surface area contributed by atoms with Crippen molar-refractivity contribution in [1.82, 2.24) is 20.3 Å². The Morgan fingerprint density at radius 2 is 1.73 bits per heavy atom. The van der Waals surface area contributed by atoms with Gasteiger partial charge in [0.2, 0.25) is 11.8 Å². The number of morpholine rings is 1. The van der Waals surface area contributed by atoms with Crippen LogP contribution < -0.4 is 15.1 Å². The van der Waals surface area contributed by atoms with Gasteiger partial charge in [-0.3, -0.25) is 19.3 Å². The van der Waals surface area contributed by atoms with Gasteiger partial charge >= 0.3 is 0 Å². The highest BCUT2D eigenvalue weighted by Gasteiger charge is 2.34. The van der Waals surface area contributed by atoms with E-state index < -0.39 is 6.04 Å². The van der Waals surface area contributed by atoms with Crippen molar-refractivity contribution in [3.05, 3.63) is 83.9 Å². The molecule has 0 bridgehead atoms. The molecule has 11 heteroatoms. The predicted octanol–water partition coefficient (Wildman–Crippen LogP) is 3.54. The third kappa shape index (κ3) is 6.48. The van der Waals surface area contributed by atoms with Crippen molar-refractivity contribution in [2.45, 2.75) is 38.5 Å². The molecule has 0 radical (unpaired) electrons. The maximum absolute atomic E-state index is 14.3. The lowest BCUT2D eigenvalue weighted by molar-refractivity contribution is -0.127. The molecular weight excluding hydrogens is 560 g/mol. The summed E-state index contributed by atoms with van der Waals surface area (Å²) in [6, 6.07) is 20.9. The summed E-state index contributed by atoms with van der Waals surface area (Å²) in [6.45, 7) is 5.25. The fraction of sp³-hybridized carbons (Fsp3) is 0.364. The molecule has 6 rings (SSSR count). The average molecular weight is 597 g/mol. The SMILES string of the molecule is CC(=O)c1ccc(N(C(=O)Cn2nnc3ccccc32)[C@@H](C(=O)NC[C@@H]2CCCO2)c2ccc(N3CCOCC3)cc2)cc1. The Hall–Kier alpha value is -4.61. The third-order valence-corrected chi connectivity index (χ3v) is 8.15. The van der Waals surface area contributed by atoms with Gasteiger partial charge < -0.3 is 19.7 Å². The van der Waals surface area contributed by atoms with E-state index in [-0.39, 0.29) is 30.2 Å². The number of anilines is 2. The van der Waals surface area contributed by atoms with E-state index in [9.17, 15) is 14.4 Å². The second-order valence-corrected chi connectivity index (χ2v) is 11.1. The standard InChI is InChI=1S/C33H36N6O5/c1-23(40)24-8-14-27(15-9-24)39(31(41)22-38-30-7-3-2-6-29(30)35-36-38)32(33(42)34-21-28-5-4-18-44-28)25-10-12-26(13-11-25)37-16-19-43-20-17-37/h2-3,6-15,28,32H,4-5,16-22H2,1H3,(H,34,42)/t28-,32+/m0/s1. The summed E-state index contributed by atoms with van der Waals surface area (Å²) >= 11 is 0. The van der Waals surface area contributed by atoms with Crippen molar-refractivity contribution in [1.29, 1.82) is 0 Å². The first-order valence-electron chi connectivity index (χ1n) is 15.0. The van der Waals surface area contributed by atoms with Crippen molar-refractivity contribution in [2.75, 3.05) is 49.3 Å². The van der Waals surface area contributed by atoms with E-state index in [0.29, 0.717) is 54.2 Å². The molecule has 4 aromatic rings. The summed E-state index contributed by atoms with van der Waals surface area (Å²) in [4.78, 5) is 44.2. The van der Waals surface area contributed by atoms with Crippen LogP contribution in [0.5, 0.6) is 0 Å². The van der Waals surface area contributed by atoms with Crippen LogP contribution in [0.3, 0.4) is 0 Å². The molecule has 3 heterocycles. The molecule has 1 aromatic heterocycles. The molecule has 2 aliphatic heterocycles. The number of rotatable bonds is 10. The van der Waals surface area contributed by atoms with Crippen molar-refractivity contribution in [3.8, 4) is 0 Å². The maximum atomic E-state index is 14.3. The minimum Gasteiger partial charge on any atom is -0.378 e. The number of aromatic nitrogens is 3. The Labute approximate surface area is 255 Å². The summed E-state index contributed by atoms with van der Waals surface area (Å²) in [7, 11) is 0. The molecule has 1 N–H and O–H groups in total. The molecule has 0 spiro atoms. The number of Topliss-reactive ketones (excluding diaryl/α,β-unsaturated/α-hetero) is 1. The molecule has 3 aromatic carbocycles. The number of carbonyl (C=O) groups is 3. The van der Waals surface area contributed by atoms with Crippen LogP contribution in [0.4, 0.5) is 11.4 Å². The predicted molar refractivity (Wildman–Crippen MR) is 166 cm³/mol. The van der Waals surface area contributed by atoms with Crippen molar-refractivity contribution in [2.24, 2.45) is 0 Å². The Morgan fingerprint density at radius 1 is 0.977 bits per heavy atom. The normalized spacial score (nSPS) is 17.4. The van der Waals surface area contributed by atoms with Crippen LogP contribution in [0, 0.1) is 0 Å². The van der Waals surface area contributed by atoms with E-state index >= 15 is 0 Å². The third-order valence-electron chi connectivity index (χ3n) is 8.15. The van der Waals surface area contributed by atoms with E-state index in [4.69, 9.17) is 9.47 Å². The second-order valence-electron chi connectivity index (χ2n) is 11.1. The number of fused-ring (bicyclic) bond motifs is 1. The summed E-state index contributed by atoms with van der Waals surface area (Å²) in [5.74, 6) is -0.772. The van der Waals surface area contributed by atoms with Gasteiger partial charge in [0.25, 0.3) is 0 Å². The van der Waals surface area contributed by atoms with Gasteiger partial charge in [-0.1, -0.05) is 29.5 Å². The summed E-state index contributed by atoms with van der Waals surface area (Å²) < 4.78 is 12.8. The van der Waals surface area contributed by atoms with E-state index in [1.165, 1.54) is 16.5 Å². The number of carbonyl (C=O) groups excluding carboxylic acids is 3. The van der Waals surface area contributed by atoms with Crippen LogP contribution in [-0.2, 0) is 25.6 Å². The summed E-state index contributed by atoms with van der Waals surface area (Å²) in [6.07, 6.45) is 1.75. The molecule has 0 unspecified atom stereocenters. The highest BCUT2D eigenvalue weighted by Crippen LogP contribution is 2.31. The number of benzene rings is 3. The molecule has 11 nitrogen and oxygen atoms in total. The average Bonchev–Trinajstić information content (AvgIpc) is 3.73. The largest absolute Gasteiger partial charge is 0.378 e. The van der Waals surface area contributed by atoms with Gasteiger partial charge in [-0.05, 0) is 73.9 Å². The van der Waals surface area contributed by atoms with E-state index in [1.807, 2.05) is 48.5 Å². The van der Waals surface area contributed by atoms with E-state index in [0.717, 1.165) is 31.6 Å². The summed E-state index contributed by atoms with van der Waals surface area (Å²) in [5, 5.41) is 11.5. The molecule has 2 amide bonds. The zero-order chi connectivity index (χ0) is 30.5. The molecule has 0 aliphatic carbocycles. The van der Waals surface area contributed by atoms with Crippen LogP contribution in [-0.4, -0.2) is 78.2 Å². The van der Waals surface area contributed by atoms with Gasteiger partial charge in [-0.25, -0.2) is 4.68 Å². The second kappa shape index (κ2) is 13.4. The molecule has 228 valence electrons. The monoisotopic (exact) mass is 596 g/mol. The number of para-hydroxylation sites is 1. The van der Waals surface area contributed by atoms with Gasteiger partial charge in [-0.2, -0.15) is 0 Å². The Balaban J connectivity index is 1.38.